The first-order chi connectivity index (χ1) is 16.0. The van der Waals surface area contributed by atoms with Crippen LogP contribution in [0.25, 0.3) is 0 Å². The van der Waals surface area contributed by atoms with Crippen LogP contribution in [0.1, 0.15) is 26.3 Å². The molecule has 34 heavy (non-hydrogen) atoms. The van der Waals surface area contributed by atoms with Crippen molar-refractivity contribution in [3.8, 4) is 0 Å². The number of aromatic carboxylic acids is 1. The van der Waals surface area contributed by atoms with Gasteiger partial charge in [-0.2, -0.15) is 0 Å². The van der Waals surface area contributed by atoms with Gasteiger partial charge in [-0.15, -0.1) is 0 Å². The lowest BCUT2D eigenvalue weighted by atomic mass is 10.1. The fraction of sp³-hybridized carbons (Fsp3) is 0.0909. The molecular formula is C22H14BrCl2FN2O5S. The number of halogens is 4. The number of carboxylic acids is 1. The van der Waals surface area contributed by atoms with Crippen molar-refractivity contribution < 1.29 is 27.5 Å². The quantitative estimate of drug-likeness (QED) is 0.404. The molecule has 0 aromatic heterocycles. The molecule has 3 aromatic carbocycles. The number of hydrogen-bond donors (Lipinski definition) is 2. The smallest absolute Gasteiger partial charge is 0.337 e. The van der Waals surface area contributed by atoms with E-state index >= 15 is 0 Å². The summed E-state index contributed by atoms with van der Waals surface area (Å²) < 4.78 is 43.0. The summed E-state index contributed by atoms with van der Waals surface area (Å²) >= 11 is 15.2. The normalized spacial score (nSPS) is 13.0. The van der Waals surface area contributed by atoms with Crippen LogP contribution in [0.2, 0.25) is 10.0 Å². The number of amides is 1. The number of benzene rings is 3. The van der Waals surface area contributed by atoms with Gasteiger partial charge in [-0.1, -0.05) is 45.2 Å². The van der Waals surface area contributed by atoms with E-state index in [2.05, 4.69) is 21.2 Å². The number of carbonyl (C=O) groups excluding carboxylic acids is 1. The van der Waals surface area contributed by atoms with Gasteiger partial charge < -0.3 is 10.4 Å². The van der Waals surface area contributed by atoms with Crippen molar-refractivity contribution in [2.75, 3.05) is 16.2 Å². The van der Waals surface area contributed by atoms with Gasteiger partial charge in [-0.25, -0.2) is 17.6 Å². The Morgan fingerprint density at radius 2 is 1.79 bits per heavy atom. The van der Waals surface area contributed by atoms with Crippen LogP contribution in [0.3, 0.4) is 0 Å². The summed E-state index contributed by atoms with van der Waals surface area (Å²) in [5.41, 5.74) is 0.463. The van der Waals surface area contributed by atoms with Crippen LogP contribution in [-0.4, -0.2) is 31.9 Å². The number of rotatable bonds is 5. The maximum atomic E-state index is 14.8. The molecule has 1 aliphatic rings. The first kappa shape index (κ1) is 24.5. The zero-order valence-corrected chi connectivity index (χ0v) is 20.9. The highest BCUT2D eigenvalue weighted by Gasteiger charge is 2.34. The second kappa shape index (κ2) is 9.18. The molecule has 3 aromatic rings. The maximum Gasteiger partial charge on any atom is 0.337 e. The topological polar surface area (TPSA) is 104 Å². The van der Waals surface area contributed by atoms with Crippen molar-refractivity contribution in [3.05, 3.63) is 85.6 Å². The standard InChI is InChI=1S/C22H14BrCl2FN2O5S/c23-12-2-4-18(15(7-12)22(30)31)27-21(29)14-9-20(17(26)10-16(14)25)34(32,33)28-6-5-11-1-3-13(24)8-19(11)28/h1-4,7-10H,5-6H2,(H,27,29)(H,30,31). The summed E-state index contributed by atoms with van der Waals surface area (Å²) in [6.45, 7) is 0.0719. The molecule has 0 radical (unpaired) electrons. The Morgan fingerprint density at radius 1 is 1.06 bits per heavy atom. The van der Waals surface area contributed by atoms with E-state index < -0.39 is 32.6 Å². The third-order valence-electron chi connectivity index (χ3n) is 5.19. The molecule has 0 atom stereocenters. The van der Waals surface area contributed by atoms with Crippen molar-refractivity contribution in [2.24, 2.45) is 0 Å². The molecule has 4 rings (SSSR count). The molecule has 1 aliphatic heterocycles. The zero-order valence-electron chi connectivity index (χ0n) is 17.0. The molecule has 7 nitrogen and oxygen atoms in total. The first-order valence-electron chi connectivity index (χ1n) is 9.63. The lowest BCUT2D eigenvalue weighted by Gasteiger charge is -2.21. The van der Waals surface area contributed by atoms with Gasteiger partial charge in [0.25, 0.3) is 15.9 Å². The van der Waals surface area contributed by atoms with Gasteiger partial charge in [0, 0.05) is 16.0 Å². The van der Waals surface area contributed by atoms with E-state index in [9.17, 15) is 27.5 Å². The number of sulfonamides is 1. The molecule has 12 heteroatoms. The number of hydrogen-bond acceptors (Lipinski definition) is 4. The van der Waals surface area contributed by atoms with Crippen LogP contribution in [0.5, 0.6) is 0 Å². The number of anilines is 2. The summed E-state index contributed by atoms with van der Waals surface area (Å²) in [7, 11) is -4.41. The molecule has 0 spiro atoms. The molecular weight excluding hydrogens is 574 g/mol. The minimum Gasteiger partial charge on any atom is -0.478 e. The van der Waals surface area contributed by atoms with E-state index in [1.54, 1.807) is 12.1 Å². The van der Waals surface area contributed by atoms with Crippen LogP contribution in [0.4, 0.5) is 15.8 Å². The predicted octanol–water partition coefficient (Wildman–Crippen LogP) is 5.60. The van der Waals surface area contributed by atoms with Gasteiger partial charge in [0.15, 0.2) is 0 Å². The van der Waals surface area contributed by atoms with Crippen LogP contribution < -0.4 is 9.62 Å². The molecule has 0 unspecified atom stereocenters. The third-order valence-corrected chi connectivity index (χ3v) is 8.06. The second-order valence-corrected chi connectivity index (χ2v) is 10.9. The van der Waals surface area contributed by atoms with Gasteiger partial charge in [-0.05, 0) is 54.4 Å². The predicted molar refractivity (Wildman–Crippen MR) is 130 cm³/mol. The average molecular weight is 588 g/mol. The lowest BCUT2D eigenvalue weighted by Crippen LogP contribution is -2.30. The summed E-state index contributed by atoms with van der Waals surface area (Å²) in [6.07, 6.45) is 0.413. The summed E-state index contributed by atoms with van der Waals surface area (Å²) in [4.78, 5) is 23.7. The minimum absolute atomic E-state index is 0.0476. The molecule has 1 heterocycles. The molecule has 2 N–H and O–H groups in total. The Hall–Kier alpha value is -2.66. The van der Waals surface area contributed by atoms with Gasteiger partial charge in [0.05, 0.1) is 27.5 Å². The van der Waals surface area contributed by atoms with Gasteiger partial charge in [0.2, 0.25) is 0 Å². The van der Waals surface area contributed by atoms with E-state index in [-0.39, 0.29) is 28.4 Å². The average Bonchev–Trinajstić information content (AvgIpc) is 3.18. The largest absolute Gasteiger partial charge is 0.478 e. The summed E-state index contributed by atoms with van der Waals surface area (Å²) in [5, 5.41) is 11.8. The third kappa shape index (κ3) is 4.50. The van der Waals surface area contributed by atoms with Crippen molar-refractivity contribution in [2.45, 2.75) is 11.3 Å². The number of carbonyl (C=O) groups is 2. The Labute approximate surface area is 212 Å². The molecule has 1 amide bonds. The fourth-order valence-corrected chi connectivity index (χ4v) is 5.92. The Morgan fingerprint density at radius 3 is 2.50 bits per heavy atom. The van der Waals surface area contributed by atoms with Crippen molar-refractivity contribution >= 4 is 72.4 Å². The van der Waals surface area contributed by atoms with E-state index in [1.165, 1.54) is 24.3 Å². The van der Waals surface area contributed by atoms with Crippen molar-refractivity contribution in [1.29, 1.82) is 0 Å². The molecule has 0 aliphatic carbocycles. The number of nitrogens with one attached hydrogen (secondary N) is 1. The molecule has 176 valence electrons. The summed E-state index contributed by atoms with van der Waals surface area (Å²) in [6, 6.07) is 10.5. The first-order valence-corrected chi connectivity index (χ1v) is 12.6. The van der Waals surface area contributed by atoms with Crippen LogP contribution in [0.15, 0.2) is 57.9 Å². The minimum atomic E-state index is -4.41. The van der Waals surface area contributed by atoms with Crippen molar-refractivity contribution in [3.63, 3.8) is 0 Å². The molecule has 0 saturated heterocycles. The van der Waals surface area contributed by atoms with Crippen LogP contribution in [0, 0.1) is 5.82 Å². The second-order valence-electron chi connectivity index (χ2n) is 7.31. The number of nitrogens with zero attached hydrogens (tertiary/aromatic N) is 1. The van der Waals surface area contributed by atoms with E-state index in [0.29, 0.717) is 21.6 Å². The van der Waals surface area contributed by atoms with Gasteiger partial charge in [0.1, 0.15) is 10.7 Å². The van der Waals surface area contributed by atoms with E-state index in [1.807, 2.05) is 0 Å². The SMILES string of the molecule is O=C(Nc1ccc(Br)cc1C(=O)O)c1cc(S(=O)(=O)N2CCc3ccc(Cl)cc32)c(F)cc1Cl. The summed E-state index contributed by atoms with van der Waals surface area (Å²) in [5.74, 6) is -3.33. The van der Waals surface area contributed by atoms with Gasteiger partial charge in [-0.3, -0.25) is 9.10 Å². The Kier molecular flexibility index (Phi) is 6.61. The maximum absolute atomic E-state index is 14.8. The zero-order chi connectivity index (χ0) is 24.8. The highest BCUT2D eigenvalue weighted by molar-refractivity contribution is 9.10. The molecule has 0 fully saturated rings. The Balaban J connectivity index is 1.74. The number of fused-ring (bicyclic) bond motifs is 1. The number of carboxylic acid groups (broad SMARTS) is 1. The monoisotopic (exact) mass is 586 g/mol. The molecule has 0 saturated carbocycles. The van der Waals surface area contributed by atoms with E-state index in [4.69, 9.17) is 23.2 Å². The fourth-order valence-electron chi connectivity index (χ4n) is 3.58. The van der Waals surface area contributed by atoms with Gasteiger partial charge >= 0.3 is 5.97 Å². The van der Waals surface area contributed by atoms with Crippen LogP contribution >= 0.6 is 39.1 Å². The van der Waals surface area contributed by atoms with Crippen LogP contribution in [-0.2, 0) is 16.4 Å². The highest BCUT2D eigenvalue weighted by atomic mass is 79.9. The molecule has 0 bridgehead atoms. The lowest BCUT2D eigenvalue weighted by molar-refractivity contribution is 0.0698. The Bertz CT molecular complexity index is 1470. The van der Waals surface area contributed by atoms with E-state index in [0.717, 1.165) is 22.0 Å². The van der Waals surface area contributed by atoms with Crippen molar-refractivity contribution in [1.82, 2.24) is 0 Å². The highest BCUT2D eigenvalue weighted by Crippen LogP contribution is 2.36.